The molecule has 194 valence electrons. The monoisotopic (exact) mass is 537 g/mol. The van der Waals surface area contributed by atoms with E-state index in [-0.39, 0.29) is 11.2 Å². The molecule has 2 aromatic carbocycles. The van der Waals surface area contributed by atoms with E-state index in [0.29, 0.717) is 39.0 Å². The number of furan rings is 1. The zero-order valence-corrected chi connectivity index (χ0v) is 21.4. The molecule has 5 rings (SSSR count). The van der Waals surface area contributed by atoms with Gasteiger partial charge in [-0.05, 0) is 50.2 Å². The number of benzene rings is 2. The third-order valence-electron chi connectivity index (χ3n) is 5.96. The standard InChI is InChI=1S/C27H22F3N5O2S/c1-17-12-13-22(37-17)15-31-34-23(19-8-7-9-20(14-19)27(28,29)30)16-38-26(34)32-24-18(2)33(3)35(25(24)36)21-10-5-4-6-11-21/h4-16H,1-3H3/b31-15+,32-26?. The number of aromatic nitrogens is 3. The van der Waals surface area contributed by atoms with Gasteiger partial charge < -0.3 is 4.42 Å². The highest BCUT2D eigenvalue weighted by Crippen LogP contribution is 2.32. The van der Waals surface area contributed by atoms with E-state index in [2.05, 4.69) is 10.1 Å². The fraction of sp³-hybridized carbons (Fsp3) is 0.148. The second kappa shape index (κ2) is 9.82. The van der Waals surface area contributed by atoms with Crippen molar-refractivity contribution in [3.05, 3.63) is 110 Å². The number of para-hydroxylation sites is 1. The molecule has 0 aliphatic rings. The van der Waals surface area contributed by atoms with Gasteiger partial charge in [0.05, 0.1) is 28.9 Å². The molecule has 3 aromatic heterocycles. The van der Waals surface area contributed by atoms with Gasteiger partial charge in [-0.3, -0.25) is 9.48 Å². The summed E-state index contributed by atoms with van der Waals surface area (Å²) in [7, 11) is 1.76. The highest BCUT2D eigenvalue weighted by Gasteiger charge is 2.30. The number of rotatable bonds is 5. The van der Waals surface area contributed by atoms with E-state index in [9.17, 15) is 18.0 Å². The van der Waals surface area contributed by atoms with Crippen LogP contribution in [0.5, 0.6) is 0 Å². The zero-order chi connectivity index (χ0) is 27.0. The first-order valence-electron chi connectivity index (χ1n) is 11.5. The number of hydrogen-bond acceptors (Lipinski definition) is 5. The van der Waals surface area contributed by atoms with Crippen LogP contribution in [0.15, 0.2) is 91.4 Å². The lowest BCUT2D eigenvalue weighted by Gasteiger charge is -2.09. The molecule has 0 aliphatic carbocycles. The van der Waals surface area contributed by atoms with Crippen molar-refractivity contribution in [3.8, 4) is 16.9 Å². The van der Waals surface area contributed by atoms with Crippen molar-refractivity contribution in [3.63, 3.8) is 0 Å². The molecule has 38 heavy (non-hydrogen) atoms. The van der Waals surface area contributed by atoms with E-state index in [0.717, 1.165) is 23.5 Å². The Hall–Kier alpha value is -4.38. The fourth-order valence-corrected chi connectivity index (χ4v) is 4.80. The van der Waals surface area contributed by atoms with Crippen LogP contribution in [0.2, 0.25) is 0 Å². The van der Waals surface area contributed by atoms with E-state index < -0.39 is 11.7 Å². The minimum absolute atomic E-state index is 0.201. The van der Waals surface area contributed by atoms with Gasteiger partial charge in [0, 0.05) is 18.0 Å². The van der Waals surface area contributed by atoms with Crippen LogP contribution in [0, 0.1) is 13.8 Å². The molecular formula is C27H22F3N5O2S. The predicted molar refractivity (Wildman–Crippen MR) is 140 cm³/mol. The Balaban J connectivity index is 1.70. The Morgan fingerprint density at radius 3 is 2.45 bits per heavy atom. The Labute approximate surface area is 219 Å². The van der Waals surface area contributed by atoms with Gasteiger partial charge in [-0.2, -0.15) is 18.3 Å². The largest absolute Gasteiger partial charge is 0.460 e. The van der Waals surface area contributed by atoms with Crippen LogP contribution in [0.1, 0.15) is 22.8 Å². The minimum atomic E-state index is -4.50. The summed E-state index contributed by atoms with van der Waals surface area (Å²) in [5.74, 6) is 1.15. The highest BCUT2D eigenvalue weighted by molar-refractivity contribution is 7.07. The molecule has 11 heteroatoms. The summed E-state index contributed by atoms with van der Waals surface area (Å²) in [5, 5.41) is 6.14. The zero-order valence-electron chi connectivity index (χ0n) is 20.6. The second-order valence-corrected chi connectivity index (χ2v) is 9.35. The molecule has 0 N–H and O–H groups in total. The van der Waals surface area contributed by atoms with Crippen molar-refractivity contribution >= 4 is 23.2 Å². The molecule has 5 aromatic rings. The molecule has 7 nitrogen and oxygen atoms in total. The van der Waals surface area contributed by atoms with Crippen molar-refractivity contribution in [2.24, 2.45) is 17.1 Å². The molecule has 0 bridgehead atoms. The Morgan fingerprint density at radius 1 is 1.00 bits per heavy atom. The lowest BCUT2D eigenvalue weighted by atomic mass is 10.1. The van der Waals surface area contributed by atoms with Crippen LogP contribution >= 0.6 is 11.3 Å². The van der Waals surface area contributed by atoms with E-state index in [4.69, 9.17) is 4.42 Å². The smallest absolute Gasteiger partial charge is 0.416 e. The Bertz CT molecular complexity index is 1770. The predicted octanol–water partition coefficient (Wildman–Crippen LogP) is 6.05. The maximum atomic E-state index is 13.4. The third-order valence-corrected chi connectivity index (χ3v) is 6.78. The van der Waals surface area contributed by atoms with Crippen molar-refractivity contribution in [2.45, 2.75) is 20.0 Å². The summed E-state index contributed by atoms with van der Waals surface area (Å²) in [6.45, 7) is 3.57. The molecule has 0 saturated carbocycles. The van der Waals surface area contributed by atoms with Gasteiger partial charge in [0.25, 0.3) is 5.56 Å². The maximum absolute atomic E-state index is 13.4. The van der Waals surface area contributed by atoms with Crippen LogP contribution in [-0.4, -0.2) is 20.3 Å². The van der Waals surface area contributed by atoms with E-state index in [1.165, 1.54) is 21.6 Å². The van der Waals surface area contributed by atoms with Crippen LogP contribution in [-0.2, 0) is 13.2 Å². The summed E-state index contributed by atoms with van der Waals surface area (Å²) in [6.07, 6.45) is -3.04. The summed E-state index contributed by atoms with van der Waals surface area (Å²) in [5.41, 5.74) is 1.08. The molecule has 0 saturated heterocycles. The van der Waals surface area contributed by atoms with Crippen LogP contribution in [0.25, 0.3) is 16.9 Å². The summed E-state index contributed by atoms with van der Waals surface area (Å²) in [6, 6.07) is 17.7. The lowest BCUT2D eigenvalue weighted by Crippen LogP contribution is -2.19. The second-order valence-electron chi connectivity index (χ2n) is 8.51. The van der Waals surface area contributed by atoms with Gasteiger partial charge >= 0.3 is 6.18 Å². The molecule has 0 atom stereocenters. The average molecular weight is 538 g/mol. The molecule has 0 unspecified atom stereocenters. The van der Waals surface area contributed by atoms with E-state index in [1.807, 2.05) is 30.3 Å². The van der Waals surface area contributed by atoms with Gasteiger partial charge in [0.1, 0.15) is 11.5 Å². The van der Waals surface area contributed by atoms with Gasteiger partial charge in [-0.15, -0.1) is 11.3 Å². The van der Waals surface area contributed by atoms with Gasteiger partial charge in [0.15, 0.2) is 5.69 Å². The van der Waals surface area contributed by atoms with Gasteiger partial charge in [0.2, 0.25) is 4.80 Å². The molecule has 3 heterocycles. The van der Waals surface area contributed by atoms with Crippen LogP contribution in [0.3, 0.4) is 0 Å². The third kappa shape index (κ3) is 4.80. The van der Waals surface area contributed by atoms with Crippen molar-refractivity contribution in [1.29, 1.82) is 0 Å². The topological polar surface area (TPSA) is 69.7 Å². The number of hydrogen-bond donors (Lipinski definition) is 0. The first-order chi connectivity index (χ1) is 18.1. The maximum Gasteiger partial charge on any atom is 0.416 e. The van der Waals surface area contributed by atoms with E-state index >= 15 is 0 Å². The van der Waals surface area contributed by atoms with Crippen LogP contribution < -0.4 is 10.4 Å². The normalized spacial score (nSPS) is 12.6. The first kappa shape index (κ1) is 25.3. The number of nitrogens with zero attached hydrogens (tertiary/aromatic N) is 5. The molecule has 0 spiro atoms. The molecule has 0 amide bonds. The van der Waals surface area contributed by atoms with Gasteiger partial charge in [-0.25, -0.2) is 14.4 Å². The average Bonchev–Trinajstić information content (AvgIpc) is 3.56. The molecule has 0 aliphatic heterocycles. The lowest BCUT2D eigenvalue weighted by molar-refractivity contribution is -0.137. The Morgan fingerprint density at radius 2 is 1.76 bits per heavy atom. The first-order valence-corrected chi connectivity index (χ1v) is 12.4. The minimum Gasteiger partial charge on any atom is -0.460 e. The molecular weight excluding hydrogens is 515 g/mol. The van der Waals surface area contributed by atoms with Crippen LogP contribution in [0.4, 0.5) is 18.9 Å². The Kier molecular flexibility index (Phi) is 6.53. The highest BCUT2D eigenvalue weighted by atomic mass is 32.1. The number of alkyl halides is 3. The summed E-state index contributed by atoms with van der Waals surface area (Å²) < 4.78 is 50.4. The number of aryl methyl sites for hydroxylation is 1. The quantitative estimate of drug-likeness (QED) is 0.256. The van der Waals surface area contributed by atoms with E-state index in [1.54, 1.807) is 49.2 Å². The summed E-state index contributed by atoms with van der Waals surface area (Å²) in [4.78, 5) is 18.4. The number of halogens is 3. The van der Waals surface area contributed by atoms with Crippen molar-refractivity contribution in [1.82, 2.24) is 14.0 Å². The van der Waals surface area contributed by atoms with Gasteiger partial charge in [-0.1, -0.05) is 30.3 Å². The fourth-order valence-electron chi connectivity index (χ4n) is 3.96. The van der Waals surface area contributed by atoms with Crippen molar-refractivity contribution < 1.29 is 17.6 Å². The SMILES string of the molecule is Cc1ccc(/C=N/n2c(-c3cccc(C(F)(F)F)c3)csc2=Nc2c(C)n(C)n(-c3ccccc3)c2=O)o1. The van der Waals surface area contributed by atoms with Crippen molar-refractivity contribution in [2.75, 3.05) is 0 Å². The molecule has 0 fully saturated rings. The number of thiazole rings is 1. The molecule has 0 radical (unpaired) electrons. The summed E-state index contributed by atoms with van der Waals surface area (Å²) >= 11 is 1.16.